The van der Waals surface area contributed by atoms with E-state index in [2.05, 4.69) is 25.2 Å². The number of nitriles is 1. The van der Waals surface area contributed by atoms with Crippen molar-refractivity contribution in [2.45, 2.75) is 46.0 Å². The van der Waals surface area contributed by atoms with Crippen LogP contribution in [0.25, 0.3) is 0 Å². The molecule has 0 spiro atoms. The third-order valence-corrected chi connectivity index (χ3v) is 2.53. The highest BCUT2D eigenvalue weighted by Gasteiger charge is 2.16. The molecular formula is C12H24N2O. The summed E-state index contributed by atoms with van der Waals surface area (Å²) in [6.45, 7) is 6.65. The van der Waals surface area contributed by atoms with E-state index in [1.807, 2.05) is 0 Å². The summed E-state index contributed by atoms with van der Waals surface area (Å²) in [7, 11) is 0. The zero-order valence-electron chi connectivity index (χ0n) is 10.1. The second-order valence-electron chi connectivity index (χ2n) is 4.78. The number of aliphatic hydroxyl groups excluding tert-OH is 1. The Bertz CT molecular complexity index is 185. The molecule has 0 radical (unpaired) electrons. The minimum Gasteiger partial charge on any atom is -0.396 e. The van der Waals surface area contributed by atoms with E-state index in [9.17, 15) is 0 Å². The quantitative estimate of drug-likeness (QED) is 0.575. The number of unbranched alkanes of at least 4 members (excludes halogenated alkanes) is 2. The third-order valence-electron chi connectivity index (χ3n) is 2.53. The summed E-state index contributed by atoms with van der Waals surface area (Å²) < 4.78 is 0. The van der Waals surface area contributed by atoms with Gasteiger partial charge in [0.05, 0.1) is 6.07 Å². The van der Waals surface area contributed by atoms with E-state index in [-0.39, 0.29) is 5.41 Å². The molecule has 0 aromatic carbocycles. The predicted molar refractivity (Wildman–Crippen MR) is 62.4 cm³/mol. The van der Waals surface area contributed by atoms with Gasteiger partial charge in [-0.3, -0.25) is 0 Å². The van der Waals surface area contributed by atoms with Gasteiger partial charge in [-0.05, 0) is 37.6 Å². The molecule has 3 heteroatoms. The second kappa shape index (κ2) is 8.70. The largest absolute Gasteiger partial charge is 0.396 e. The predicted octanol–water partition coefficient (Wildman–Crippen LogP) is 2.07. The standard InChI is InChI=1S/C12H24N2O/c1-12(2,7-6-8-13)11-14-9-4-3-5-10-15/h14-15H,3-7,9-11H2,1-2H3. The molecule has 0 aliphatic heterocycles. The van der Waals surface area contributed by atoms with Crippen LogP contribution in [0.3, 0.4) is 0 Å². The first-order valence-electron chi connectivity index (χ1n) is 5.81. The van der Waals surface area contributed by atoms with Crippen LogP contribution in [0.2, 0.25) is 0 Å². The molecule has 0 aromatic rings. The van der Waals surface area contributed by atoms with Gasteiger partial charge >= 0.3 is 0 Å². The second-order valence-corrected chi connectivity index (χ2v) is 4.78. The highest BCUT2D eigenvalue weighted by Crippen LogP contribution is 2.20. The van der Waals surface area contributed by atoms with Gasteiger partial charge in [0.15, 0.2) is 0 Å². The first-order valence-corrected chi connectivity index (χ1v) is 5.81. The van der Waals surface area contributed by atoms with Gasteiger partial charge < -0.3 is 10.4 Å². The van der Waals surface area contributed by atoms with Crippen molar-refractivity contribution in [3.8, 4) is 6.07 Å². The van der Waals surface area contributed by atoms with Crippen LogP contribution in [0.5, 0.6) is 0 Å². The van der Waals surface area contributed by atoms with E-state index in [4.69, 9.17) is 10.4 Å². The molecule has 0 saturated heterocycles. The van der Waals surface area contributed by atoms with E-state index in [0.29, 0.717) is 13.0 Å². The Morgan fingerprint density at radius 1 is 1.27 bits per heavy atom. The number of nitrogens with zero attached hydrogens (tertiary/aromatic N) is 1. The lowest BCUT2D eigenvalue weighted by Crippen LogP contribution is -2.30. The van der Waals surface area contributed by atoms with Gasteiger partial charge in [0.1, 0.15) is 0 Å². The molecular weight excluding hydrogens is 188 g/mol. The molecule has 0 atom stereocenters. The molecule has 0 amide bonds. The highest BCUT2D eigenvalue weighted by atomic mass is 16.2. The lowest BCUT2D eigenvalue weighted by atomic mass is 9.88. The van der Waals surface area contributed by atoms with Gasteiger partial charge in [-0.15, -0.1) is 0 Å². The monoisotopic (exact) mass is 212 g/mol. The van der Waals surface area contributed by atoms with Crippen molar-refractivity contribution in [2.75, 3.05) is 19.7 Å². The minimum atomic E-state index is 0.215. The average Bonchev–Trinajstić information content (AvgIpc) is 2.20. The highest BCUT2D eigenvalue weighted by molar-refractivity contribution is 4.78. The Labute approximate surface area is 93.5 Å². The summed E-state index contributed by atoms with van der Waals surface area (Å²) in [4.78, 5) is 0. The average molecular weight is 212 g/mol. The maximum atomic E-state index is 8.60. The van der Waals surface area contributed by atoms with E-state index in [0.717, 1.165) is 38.8 Å². The van der Waals surface area contributed by atoms with Crippen LogP contribution in [0.4, 0.5) is 0 Å². The topological polar surface area (TPSA) is 56.0 Å². The maximum absolute atomic E-state index is 8.60. The van der Waals surface area contributed by atoms with Gasteiger partial charge in [-0.25, -0.2) is 0 Å². The molecule has 0 saturated carbocycles. The van der Waals surface area contributed by atoms with Crippen LogP contribution >= 0.6 is 0 Å². The van der Waals surface area contributed by atoms with E-state index in [1.54, 1.807) is 0 Å². The van der Waals surface area contributed by atoms with E-state index in [1.165, 1.54) is 0 Å². The first-order chi connectivity index (χ1) is 7.12. The van der Waals surface area contributed by atoms with Crippen LogP contribution in [0.15, 0.2) is 0 Å². The molecule has 15 heavy (non-hydrogen) atoms. The van der Waals surface area contributed by atoms with Crippen molar-refractivity contribution >= 4 is 0 Å². The molecule has 2 N–H and O–H groups in total. The van der Waals surface area contributed by atoms with Crippen LogP contribution in [-0.2, 0) is 0 Å². The summed E-state index contributed by atoms with van der Waals surface area (Å²) in [6, 6.07) is 2.19. The van der Waals surface area contributed by atoms with Crippen molar-refractivity contribution < 1.29 is 5.11 Å². The summed E-state index contributed by atoms with van der Waals surface area (Å²) in [6.07, 6.45) is 4.70. The molecule has 0 aromatic heterocycles. The number of aliphatic hydroxyl groups is 1. The Kier molecular flexibility index (Phi) is 8.35. The Morgan fingerprint density at radius 3 is 2.60 bits per heavy atom. The van der Waals surface area contributed by atoms with Crippen molar-refractivity contribution in [1.29, 1.82) is 5.26 Å². The lowest BCUT2D eigenvalue weighted by molar-refractivity contribution is 0.280. The number of nitrogens with one attached hydrogen (secondary N) is 1. The van der Waals surface area contributed by atoms with Crippen molar-refractivity contribution in [3.63, 3.8) is 0 Å². The van der Waals surface area contributed by atoms with Crippen molar-refractivity contribution in [1.82, 2.24) is 5.32 Å². The molecule has 0 fully saturated rings. The van der Waals surface area contributed by atoms with Gasteiger partial charge in [0, 0.05) is 19.6 Å². The van der Waals surface area contributed by atoms with Gasteiger partial charge in [0.25, 0.3) is 0 Å². The molecule has 88 valence electrons. The fraction of sp³-hybridized carbons (Fsp3) is 0.917. The lowest BCUT2D eigenvalue weighted by Gasteiger charge is -2.23. The number of rotatable bonds is 9. The maximum Gasteiger partial charge on any atom is 0.0621 e. The molecule has 0 bridgehead atoms. The third kappa shape index (κ3) is 9.71. The summed E-state index contributed by atoms with van der Waals surface area (Å²) in [5.41, 5.74) is 0.215. The SMILES string of the molecule is CC(C)(CCC#N)CNCCCCCO. The molecule has 0 rings (SSSR count). The normalized spacial score (nSPS) is 11.3. The first kappa shape index (κ1) is 14.4. The minimum absolute atomic E-state index is 0.215. The van der Waals surface area contributed by atoms with E-state index >= 15 is 0 Å². The number of hydrogen-bond donors (Lipinski definition) is 2. The van der Waals surface area contributed by atoms with Crippen molar-refractivity contribution in [2.24, 2.45) is 5.41 Å². The van der Waals surface area contributed by atoms with Gasteiger partial charge in [-0.1, -0.05) is 13.8 Å². The van der Waals surface area contributed by atoms with E-state index < -0.39 is 0 Å². The zero-order valence-corrected chi connectivity index (χ0v) is 10.1. The van der Waals surface area contributed by atoms with Crippen molar-refractivity contribution in [3.05, 3.63) is 0 Å². The van der Waals surface area contributed by atoms with Crippen LogP contribution in [0.1, 0.15) is 46.0 Å². The zero-order chi connectivity index (χ0) is 11.6. The van der Waals surface area contributed by atoms with Crippen LogP contribution in [-0.4, -0.2) is 24.8 Å². The fourth-order valence-electron chi connectivity index (χ4n) is 1.45. The molecule has 0 aliphatic carbocycles. The Balaban J connectivity index is 3.36. The smallest absolute Gasteiger partial charge is 0.0621 e. The van der Waals surface area contributed by atoms with Gasteiger partial charge in [0.2, 0.25) is 0 Å². The molecule has 0 aliphatic rings. The fourth-order valence-corrected chi connectivity index (χ4v) is 1.45. The summed E-state index contributed by atoms with van der Waals surface area (Å²) >= 11 is 0. The Morgan fingerprint density at radius 2 is 2.00 bits per heavy atom. The van der Waals surface area contributed by atoms with Gasteiger partial charge in [-0.2, -0.15) is 5.26 Å². The van der Waals surface area contributed by atoms with Crippen LogP contribution < -0.4 is 5.32 Å². The molecule has 3 nitrogen and oxygen atoms in total. The molecule has 0 unspecified atom stereocenters. The number of hydrogen-bond acceptors (Lipinski definition) is 3. The molecule has 0 heterocycles. The summed E-state index contributed by atoms with van der Waals surface area (Å²) in [5, 5.41) is 20.5. The summed E-state index contributed by atoms with van der Waals surface area (Å²) in [5.74, 6) is 0. The van der Waals surface area contributed by atoms with Crippen LogP contribution in [0, 0.1) is 16.7 Å². The Hall–Kier alpha value is -0.590.